The van der Waals surface area contributed by atoms with Gasteiger partial charge in [-0.3, -0.25) is 0 Å². The number of aromatic nitrogens is 2. The van der Waals surface area contributed by atoms with E-state index in [1.54, 1.807) is 6.20 Å². The second kappa shape index (κ2) is 6.02. The van der Waals surface area contributed by atoms with E-state index in [0.29, 0.717) is 6.42 Å². The number of rotatable bonds is 5. The van der Waals surface area contributed by atoms with E-state index in [4.69, 9.17) is 0 Å². The zero-order valence-electron chi connectivity index (χ0n) is 11.9. The van der Waals surface area contributed by atoms with E-state index in [-0.39, 0.29) is 0 Å². The number of aryl methyl sites for hydroxylation is 3. The van der Waals surface area contributed by atoms with Crippen LogP contribution >= 0.6 is 0 Å². The fraction of sp³-hybridized carbons (Fsp3) is 0.438. The van der Waals surface area contributed by atoms with Gasteiger partial charge < -0.3 is 9.67 Å². The van der Waals surface area contributed by atoms with Crippen molar-refractivity contribution in [2.45, 2.75) is 46.3 Å². The highest BCUT2D eigenvalue weighted by Crippen LogP contribution is 2.20. The van der Waals surface area contributed by atoms with Crippen LogP contribution in [0, 0.1) is 13.8 Å². The average Bonchev–Trinajstić information content (AvgIpc) is 2.82. The van der Waals surface area contributed by atoms with E-state index in [1.165, 1.54) is 16.7 Å². The highest BCUT2D eigenvalue weighted by Gasteiger charge is 2.15. The second-order valence-electron chi connectivity index (χ2n) is 5.13. The first-order valence-electron chi connectivity index (χ1n) is 6.87. The SMILES string of the molecule is CCCn1ccnc1C(O)Cc1cc(C)ccc1C. The number of hydrogen-bond donors (Lipinski definition) is 1. The molecule has 1 atom stereocenters. The predicted octanol–water partition coefficient (Wildman–Crippen LogP) is 3.19. The molecule has 1 aromatic carbocycles. The normalized spacial score (nSPS) is 12.6. The third-order valence-corrected chi connectivity index (χ3v) is 3.43. The molecule has 0 amide bonds. The smallest absolute Gasteiger partial charge is 0.137 e. The van der Waals surface area contributed by atoms with Crippen molar-refractivity contribution in [2.24, 2.45) is 0 Å². The summed E-state index contributed by atoms with van der Waals surface area (Å²) in [4.78, 5) is 4.30. The Bertz CT molecular complexity index is 545. The van der Waals surface area contributed by atoms with Crippen molar-refractivity contribution in [3.63, 3.8) is 0 Å². The quantitative estimate of drug-likeness (QED) is 0.894. The summed E-state index contributed by atoms with van der Waals surface area (Å²) in [6, 6.07) is 6.35. The minimum Gasteiger partial charge on any atom is -0.385 e. The lowest BCUT2D eigenvalue weighted by molar-refractivity contribution is 0.163. The van der Waals surface area contributed by atoms with E-state index in [0.717, 1.165) is 18.8 Å². The minimum absolute atomic E-state index is 0.540. The van der Waals surface area contributed by atoms with Crippen molar-refractivity contribution in [2.75, 3.05) is 0 Å². The molecule has 2 rings (SSSR count). The van der Waals surface area contributed by atoms with Gasteiger partial charge in [-0.2, -0.15) is 0 Å². The molecule has 2 aromatic rings. The number of aliphatic hydroxyl groups excluding tert-OH is 1. The molecule has 1 aromatic heterocycles. The molecule has 3 heteroatoms. The number of aliphatic hydroxyl groups is 1. The maximum atomic E-state index is 10.4. The zero-order valence-corrected chi connectivity index (χ0v) is 11.9. The standard InChI is InChI=1S/C16H22N2O/c1-4-8-18-9-7-17-16(18)15(19)11-14-10-12(2)5-6-13(14)3/h5-7,9-10,15,19H,4,8,11H2,1-3H3. The highest BCUT2D eigenvalue weighted by atomic mass is 16.3. The number of benzene rings is 1. The van der Waals surface area contributed by atoms with Crippen LogP contribution in [0.5, 0.6) is 0 Å². The van der Waals surface area contributed by atoms with Gasteiger partial charge in [0.15, 0.2) is 0 Å². The molecule has 0 saturated carbocycles. The number of hydrogen-bond acceptors (Lipinski definition) is 2. The fourth-order valence-electron chi connectivity index (χ4n) is 2.37. The van der Waals surface area contributed by atoms with Crippen molar-refractivity contribution >= 4 is 0 Å². The first-order chi connectivity index (χ1) is 9.11. The lowest BCUT2D eigenvalue weighted by Crippen LogP contribution is -2.11. The predicted molar refractivity (Wildman–Crippen MR) is 77.1 cm³/mol. The molecule has 0 saturated heterocycles. The summed E-state index contributed by atoms with van der Waals surface area (Å²) < 4.78 is 2.04. The lowest BCUT2D eigenvalue weighted by Gasteiger charge is -2.14. The summed E-state index contributed by atoms with van der Waals surface area (Å²) in [7, 11) is 0. The third kappa shape index (κ3) is 3.24. The summed E-state index contributed by atoms with van der Waals surface area (Å²) in [5, 5.41) is 10.4. The van der Waals surface area contributed by atoms with Gasteiger partial charge in [-0.15, -0.1) is 0 Å². The van der Waals surface area contributed by atoms with Crippen LogP contribution in [0.2, 0.25) is 0 Å². The Morgan fingerprint density at radius 2 is 2.11 bits per heavy atom. The van der Waals surface area contributed by atoms with Crippen LogP contribution in [0.25, 0.3) is 0 Å². The number of imidazole rings is 1. The van der Waals surface area contributed by atoms with Gasteiger partial charge in [0.05, 0.1) is 0 Å². The molecule has 102 valence electrons. The zero-order chi connectivity index (χ0) is 13.8. The van der Waals surface area contributed by atoms with Crippen LogP contribution in [0.4, 0.5) is 0 Å². The Kier molecular flexibility index (Phi) is 4.38. The van der Waals surface area contributed by atoms with Crippen LogP contribution < -0.4 is 0 Å². The van der Waals surface area contributed by atoms with Crippen LogP contribution in [-0.4, -0.2) is 14.7 Å². The molecule has 3 nitrogen and oxygen atoms in total. The van der Waals surface area contributed by atoms with Crippen molar-refractivity contribution < 1.29 is 5.11 Å². The first kappa shape index (κ1) is 13.8. The molecule has 0 aliphatic carbocycles. The van der Waals surface area contributed by atoms with Crippen LogP contribution in [0.15, 0.2) is 30.6 Å². The number of nitrogens with zero attached hydrogens (tertiary/aromatic N) is 2. The maximum absolute atomic E-state index is 10.4. The average molecular weight is 258 g/mol. The first-order valence-corrected chi connectivity index (χ1v) is 6.87. The molecular formula is C16H22N2O. The van der Waals surface area contributed by atoms with Gasteiger partial charge in [-0.05, 0) is 31.4 Å². The summed E-state index contributed by atoms with van der Waals surface area (Å²) in [6.07, 6.45) is 4.82. The van der Waals surface area contributed by atoms with Crippen LogP contribution in [0.3, 0.4) is 0 Å². The van der Waals surface area contributed by atoms with Gasteiger partial charge in [-0.25, -0.2) is 4.98 Å². The molecule has 1 N–H and O–H groups in total. The molecule has 1 heterocycles. The Labute approximate surface area is 114 Å². The molecule has 0 spiro atoms. The Morgan fingerprint density at radius 1 is 1.32 bits per heavy atom. The Hall–Kier alpha value is -1.61. The van der Waals surface area contributed by atoms with Crippen LogP contribution in [0.1, 0.15) is 42.0 Å². The Balaban J connectivity index is 2.18. The second-order valence-corrected chi connectivity index (χ2v) is 5.13. The van der Waals surface area contributed by atoms with Gasteiger partial charge >= 0.3 is 0 Å². The molecule has 19 heavy (non-hydrogen) atoms. The molecular weight excluding hydrogens is 236 g/mol. The van der Waals surface area contributed by atoms with E-state index in [2.05, 4.69) is 44.0 Å². The van der Waals surface area contributed by atoms with Gasteiger partial charge in [0, 0.05) is 25.4 Å². The van der Waals surface area contributed by atoms with E-state index >= 15 is 0 Å². The molecule has 0 fully saturated rings. The highest BCUT2D eigenvalue weighted by molar-refractivity contribution is 5.31. The minimum atomic E-state index is -0.540. The lowest BCUT2D eigenvalue weighted by atomic mass is 10.00. The summed E-state index contributed by atoms with van der Waals surface area (Å²) >= 11 is 0. The Morgan fingerprint density at radius 3 is 2.84 bits per heavy atom. The molecule has 1 unspecified atom stereocenters. The molecule has 0 radical (unpaired) electrons. The largest absolute Gasteiger partial charge is 0.385 e. The molecule has 0 aliphatic rings. The summed E-state index contributed by atoms with van der Waals surface area (Å²) in [5.74, 6) is 0.766. The van der Waals surface area contributed by atoms with Gasteiger partial charge in [-0.1, -0.05) is 30.7 Å². The van der Waals surface area contributed by atoms with E-state index in [1.807, 2.05) is 10.8 Å². The molecule has 0 bridgehead atoms. The molecule has 0 aliphatic heterocycles. The van der Waals surface area contributed by atoms with Crippen molar-refractivity contribution in [1.82, 2.24) is 9.55 Å². The van der Waals surface area contributed by atoms with Crippen molar-refractivity contribution in [3.8, 4) is 0 Å². The van der Waals surface area contributed by atoms with Crippen molar-refractivity contribution in [3.05, 3.63) is 53.1 Å². The summed E-state index contributed by atoms with van der Waals surface area (Å²) in [6.45, 7) is 7.19. The monoisotopic (exact) mass is 258 g/mol. The van der Waals surface area contributed by atoms with E-state index < -0.39 is 6.10 Å². The van der Waals surface area contributed by atoms with E-state index in [9.17, 15) is 5.11 Å². The summed E-state index contributed by atoms with van der Waals surface area (Å²) in [5.41, 5.74) is 3.64. The van der Waals surface area contributed by atoms with Crippen molar-refractivity contribution in [1.29, 1.82) is 0 Å². The van der Waals surface area contributed by atoms with Gasteiger partial charge in [0.1, 0.15) is 11.9 Å². The fourth-order valence-corrected chi connectivity index (χ4v) is 2.37. The van der Waals surface area contributed by atoms with Crippen LogP contribution in [-0.2, 0) is 13.0 Å². The van der Waals surface area contributed by atoms with Gasteiger partial charge in [0.25, 0.3) is 0 Å². The topological polar surface area (TPSA) is 38.0 Å². The maximum Gasteiger partial charge on any atom is 0.137 e. The van der Waals surface area contributed by atoms with Gasteiger partial charge in [0.2, 0.25) is 0 Å². The third-order valence-electron chi connectivity index (χ3n) is 3.43.